The summed E-state index contributed by atoms with van der Waals surface area (Å²) in [6, 6.07) is 12.1. The van der Waals surface area contributed by atoms with Crippen LogP contribution < -0.4 is 14.2 Å². The van der Waals surface area contributed by atoms with Crippen LogP contribution in [0.2, 0.25) is 0 Å². The first-order valence-corrected chi connectivity index (χ1v) is 6.85. The summed E-state index contributed by atoms with van der Waals surface area (Å²) in [5.74, 6) is 1.14. The molecule has 0 amide bonds. The minimum Gasteiger partial charge on any atom is -0.497 e. The lowest BCUT2D eigenvalue weighted by Crippen LogP contribution is -2.09. The lowest BCUT2D eigenvalue weighted by Gasteiger charge is -2.10. The van der Waals surface area contributed by atoms with E-state index in [9.17, 15) is 4.79 Å². The summed E-state index contributed by atoms with van der Waals surface area (Å²) in [6.07, 6.45) is 3.87. The number of benzene rings is 2. The maximum absolute atomic E-state index is 12.2. The van der Waals surface area contributed by atoms with Crippen LogP contribution in [-0.4, -0.2) is 20.2 Å². The van der Waals surface area contributed by atoms with Gasteiger partial charge in [-0.05, 0) is 48.9 Å². The minimum absolute atomic E-state index is 0.386. The van der Waals surface area contributed by atoms with E-state index in [1.54, 1.807) is 44.6 Å². The fraction of sp³-hybridized carbons (Fsp3) is 0.167. The quantitative estimate of drug-likeness (QED) is 0.619. The second-order valence-electron chi connectivity index (χ2n) is 4.53. The van der Waals surface area contributed by atoms with E-state index in [1.165, 1.54) is 0 Å². The summed E-state index contributed by atoms with van der Waals surface area (Å²) in [6.45, 7) is 1.93. The monoisotopic (exact) mass is 298 g/mol. The molecule has 0 bridgehead atoms. The molecule has 2 aromatic carbocycles. The fourth-order valence-electron chi connectivity index (χ4n) is 1.95. The number of hydrogen-bond acceptors (Lipinski definition) is 4. The maximum atomic E-state index is 12.2. The van der Waals surface area contributed by atoms with Crippen LogP contribution in [0.4, 0.5) is 0 Å². The Morgan fingerprint density at radius 3 is 2.27 bits per heavy atom. The molecule has 4 nitrogen and oxygen atoms in total. The number of ether oxygens (including phenoxy) is 3. The van der Waals surface area contributed by atoms with E-state index in [4.69, 9.17) is 14.2 Å². The van der Waals surface area contributed by atoms with Gasteiger partial charge in [0.1, 0.15) is 5.75 Å². The first-order chi connectivity index (χ1) is 10.7. The normalized spacial score (nSPS) is 10.5. The molecule has 0 aliphatic heterocycles. The summed E-state index contributed by atoms with van der Waals surface area (Å²) < 4.78 is 15.7. The van der Waals surface area contributed by atoms with E-state index in [1.807, 2.05) is 31.2 Å². The number of esters is 1. The van der Waals surface area contributed by atoms with E-state index < -0.39 is 5.97 Å². The molecule has 4 heteroatoms. The second-order valence-corrected chi connectivity index (χ2v) is 4.53. The average Bonchev–Trinajstić information content (AvgIpc) is 2.56. The molecular formula is C18H18O4. The topological polar surface area (TPSA) is 44.8 Å². The Balaban J connectivity index is 2.19. The van der Waals surface area contributed by atoms with Crippen LogP contribution >= 0.6 is 0 Å². The van der Waals surface area contributed by atoms with E-state index in [-0.39, 0.29) is 0 Å². The van der Waals surface area contributed by atoms with Crippen molar-refractivity contribution in [3.8, 4) is 17.2 Å². The molecule has 0 heterocycles. The largest absolute Gasteiger partial charge is 0.497 e. The van der Waals surface area contributed by atoms with Crippen molar-refractivity contribution < 1.29 is 19.0 Å². The van der Waals surface area contributed by atoms with E-state index in [2.05, 4.69) is 0 Å². The van der Waals surface area contributed by atoms with Gasteiger partial charge < -0.3 is 14.2 Å². The van der Waals surface area contributed by atoms with Crippen molar-refractivity contribution in [2.45, 2.75) is 6.92 Å². The van der Waals surface area contributed by atoms with Crippen molar-refractivity contribution in [3.63, 3.8) is 0 Å². The van der Waals surface area contributed by atoms with Gasteiger partial charge in [0.25, 0.3) is 0 Å². The van der Waals surface area contributed by atoms with Gasteiger partial charge in [-0.15, -0.1) is 0 Å². The SMILES string of the molecule is C/C=C/c1ccc(OC(=O)c2ccc(OC)cc2)c(OC)c1. The zero-order chi connectivity index (χ0) is 15.9. The molecule has 0 aromatic heterocycles. The van der Waals surface area contributed by atoms with Gasteiger partial charge in [-0.2, -0.15) is 0 Å². The molecule has 0 saturated heterocycles. The Morgan fingerprint density at radius 1 is 0.955 bits per heavy atom. The van der Waals surface area contributed by atoms with Crippen LogP contribution in [0, 0.1) is 0 Å². The first kappa shape index (κ1) is 15.6. The summed E-state index contributed by atoms with van der Waals surface area (Å²) in [5, 5.41) is 0. The van der Waals surface area contributed by atoms with Crippen molar-refractivity contribution >= 4 is 12.0 Å². The van der Waals surface area contributed by atoms with Gasteiger partial charge in [0.2, 0.25) is 0 Å². The van der Waals surface area contributed by atoms with Crippen LogP contribution in [0.3, 0.4) is 0 Å². The highest BCUT2D eigenvalue weighted by atomic mass is 16.6. The Kier molecular flexibility index (Phi) is 5.20. The summed E-state index contributed by atoms with van der Waals surface area (Å²) in [7, 11) is 3.12. The lowest BCUT2D eigenvalue weighted by molar-refractivity contribution is 0.0729. The molecule has 114 valence electrons. The Hall–Kier alpha value is -2.75. The lowest BCUT2D eigenvalue weighted by atomic mass is 10.2. The third-order valence-electron chi connectivity index (χ3n) is 3.08. The van der Waals surface area contributed by atoms with Crippen molar-refractivity contribution in [2.24, 2.45) is 0 Å². The molecule has 0 radical (unpaired) electrons. The Labute approximate surface area is 129 Å². The highest BCUT2D eigenvalue weighted by molar-refractivity contribution is 5.91. The average molecular weight is 298 g/mol. The summed E-state index contributed by atoms with van der Waals surface area (Å²) >= 11 is 0. The third-order valence-corrected chi connectivity index (χ3v) is 3.08. The van der Waals surface area contributed by atoms with Crippen LogP contribution in [0.25, 0.3) is 6.08 Å². The van der Waals surface area contributed by atoms with E-state index in [0.29, 0.717) is 22.8 Å². The Morgan fingerprint density at radius 2 is 1.68 bits per heavy atom. The van der Waals surface area contributed by atoms with Crippen molar-refractivity contribution in [3.05, 3.63) is 59.7 Å². The maximum Gasteiger partial charge on any atom is 0.343 e. The molecule has 0 spiro atoms. The molecule has 2 rings (SSSR count). The molecule has 0 N–H and O–H groups in total. The van der Waals surface area contributed by atoms with Crippen molar-refractivity contribution in [2.75, 3.05) is 14.2 Å². The third kappa shape index (κ3) is 3.67. The van der Waals surface area contributed by atoms with Gasteiger partial charge in [0.05, 0.1) is 19.8 Å². The van der Waals surface area contributed by atoms with Crippen LogP contribution in [-0.2, 0) is 0 Å². The van der Waals surface area contributed by atoms with Gasteiger partial charge >= 0.3 is 5.97 Å². The molecule has 0 atom stereocenters. The molecular weight excluding hydrogens is 280 g/mol. The Bertz CT molecular complexity index is 672. The van der Waals surface area contributed by atoms with Gasteiger partial charge in [0, 0.05) is 0 Å². The molecule has 0 aliphatic rings. The van der Waals surface area contributed by atoms with Gasteiger partial charge in [-0.3, -0.25) is 0 Å². The number of hydrogen-bond donors (Lipinski definition) is 0. The molecule has 0 unspecified atom stereocenters. The number of rotatable bonds is 5. The van der Waals surface area contributed by atoms with Crippen molar-refractivity contribution in [1.82, 2.24) is 0 Å². The number of carbonyl (C=O) groups is 1. The molecule has 0 aliphatic carbocycles. The van der Waals surface area contributed by atoms with Gasteiger partial charge in [-0.1, -0.05) is 18.2 Å². The second kappa shape index (κ2) is 7.31. The smallest absolute Gasteiger partial charge is 0.343 e. The number of carbonyl (C=O) groups excluding carboxylic acids is 1. The van der Waals surface area contributed by atoms with Crippen LogP contribution in [0.5, 0.6) is 17.2 Å². The standard InChI is InChI=1S/C18H18O4/c1-4-5-13-6-11-16(17(12-13)21-3)22-18(19)14-7-9-15(20-2)10-8-14/h4-12H,1-3H3/b5-4+. The summed E-state index contributed by atoms with van der Waals surface area (Å²) in [4.78, 5) is 12.2. The predicted octanol–water partition coefficient (Wildman–Crippen LogP) is 3.96. The molecule has 2 aromatic rings. The van der Waals surface area contributed by atoms with E-state index in [0.717, 1.165) is 5.56 Å². The number of methoxy groups -OCH3 is 2. The van der Waals surface area contributed by atoms with Gasteiger partial charge in [0.15, 0.2) is 11.5 Å². The fourth-order valence-corrected chi connectivity index (χ4v) is 1.95. The first-order valence-electron chi connectivity index (χ1n) is 6.85. The van der Waals surface area contributed by atoms with Gasteiger partial charge in [-0.25, -0.2) is 4.79 Å². The molecule has 22 heavy (non-hydrogen) atoms. The van der Waals surface area contributed by atoms with Crippen molar-refractivity contribution in [1.29, 1.82) is 0 Å². The van der Waals surface area contributed by atoms with Crippen LogP contribution in [0.1, 0.15) is 22.8 Å². The zero-order valence-electron chi connectivity index (χ0n) is 12.8. The zero-order valence-corrected chi connectivity index (χ0v) is 12.8. The van der Waals surface area contributed by atoms with E-state index >= 15 is 0 Å². The number of allylic oxidation sites excluding steroid dienone is 1. The highest BCUT2D eigenvalue weighted by Gasteiger charge is 2.12. The summed E-state index contributed by atoms with van der Waals surface area (Å²) in [5.41, 5.74) is 1.42. The minimum atomic E-state index is -0.445. The molecule has 0 fully saturated rings. The van der Waals surface area contributed by atoms with Crippen LogP contribution in [0.15, 0.2) is 48.5 Å². The predicted molar refractivity (Wildman–Crippen MR) is 85.7 cm³/mol. The highest BCUT2D eigenvalue weighted by Crippen LogP contribution is 2.29. The molecule has 0 saturated carbocycles.